The number of nitrogens with zero attached hydrogens (tertiary/aromatic N) is 2. The lowest BCUT2D eigenvalue weighted by molar-refractivity contribution is -0.187. The molecule has 1 aliphatic carbocycles. The maximum absolute atomic E-state index is 12.6. The van der Waals surface area contributed by atoms with Crippen molar-refractivity contribution in [2.45, 2.75) is 12.8 Å². The number of anilines is 2. The van der Waals surface area contributed by atoms with Crippen LogP contribution in [0.2, 0.25) is 0 Å². The van der Waals surface area contributed by atoms with Gasteiger partial charge in [0.2, 0.25) is 0 Å². The van der Waals surface area contributed by atoms with E-state index >= 15 is 0 Å². The van der Waals surface area contributed by atoms with E-state index < -0.39 is 11.9 Å². The highest BCUT2D eigenvalue weighted by Crippen LogP contribution is 2.29. The van der Waals surface area contributed by atoms with Crippen molar-refractivity contribution in [2.24, 2.45) is 11.7 Å². The first kappa shape index (κ1) is 18.9. The first-order valence-electron chi connectivity index (χ1n) is 7.97. The number of hydrogen-bond donors (Lipinski definition) is 6. The molecule has 12 heteroatoms. The predicted molar refractivity (Wildman–Crippen MR) is 97.8 cm³/mol. The molecule has 2 aromatic heterocycles. The molecule has 144 valence electrons. The summed E-state index contributed by atoms with van der Waals surface area (Å²) in [7, 11) is 0. The van der Waals surface area contributed by atoms with Gasteiger partial charge >= 0.3 is 11.9 Å². The van der Waals surface area contributed by atoms with Crippen molar-refractivity contribution in [1.29, 1.82) is 10.8 Å². The third kappa shape index (κ3) is 3.36. The SMILES string of the molecule is N=C1CCC(=N)c2ncc1c(NN)c2C(=O)OOC(=O)c1cnccc1NN. The number of aromatic nitrogens is 2. The van der Waals surface area contributed by atoms with Crippen molar-refractivity contribution in [3.8, 4) is 0 Å². The van der Waals surface area contributed by atoms with Gasteiger partial charge < -0.3 is 21.7 Å². The molecule has 4 rings (SSSR count). The second-order valence-electron chi connectivity index (χ2n) is 5.68. The van der Waals surface area contributed by atoms with Gasteiger partial charge in [0.15, 0.2) is 0 Å². The van der Waals surface area contributed by atoms with Crippen LogP contribution < -0.4 is 22.5 Å². The molecule has 0 unspecified atom stereocenters. The number of pyridine rings is 2. The van der Waals surface area contributed by atoms with Crippen LogP contribution in [0.1, 0.15) is 44.8 Å². The Morgan fingerprint density at radius 3 is 2.46 bits per heavy atom. The Balaban J connectivity index is 1.89. The fraction of sp³-hybridized carbons (Fsp3) is 0.125. The molecule has 2 aromatic rings. The molecule has 1 aliphatic heterocycles. The molecular weight excluding hydrogens is 368 g/mol. The number of hydrazine groups is 2. The van der Waals surface area contributed by atoms with Gasteiger partial charge in [-0.25, -0.2) is 19.4 Å². The Morgan fingerprint density at radius 2 is 1.75 bits per heavy atom. The number of rotatable bonds is 4. The predicted octanol–water partition coefficient (Wildman–Crippen LogP) is 0.506. The molecule has 0 radical (unpaired) electrons. The van der Waals surface area contributed by atoms with Crippen LogP contribution in [0.25, 0.3) is 0 Å². The third-order valence-electron chi connectivity index (χ3n) is 4.05. The minimum Gasteiger partial charge on any atom is -0.323 e. The minimum absolute atomic E-state index is 0.0210. The normalized spacial score (nSPS) is 12.8. The summed E-state index contributed by atoms with van der Waals surface area (Å²) in [5.41, 5.74) is 5.14. The monoisotopic (exact) mass is 384 g/mol. The molecule has 0 atom stereocenters. The van der Waals surface area contributed by atoms with Crippen LogP contribution >= 0.6 is 0 Å². The number of fused-ring (bicyclic) bond motifs is 5. The maximum Gasteiger partial charge on any atom is 0.390 e. The summed E-state index contributed by atoms with van der Waals surface area (Å²) in [5, 5.41) is 16.1. The van der Waals surface area contributed by atoms with Gasteiger partial charge in [0.05, 0.1) is 17.1 Å². The Hall–Kier alpha value is -3.90. The standard InChI is InChI=1S/C16H16N8O4/c17-9-1-2-10(18)14-12(13(24-20)7(9)6-22-14)16(26)28-27-15(25)8-5-21-4-3-11(8)23-19/h3-6,17-18H,1-2,19-20H2,(H,21,23)(H,22,24). The molecule has 0 saturated heterocycles. The lowest BCUT2D eigenvalue weighted by Gasteiger charge is -2.19. The van der Waals surface area contributed by atoms with Crippen LogP contribution in [-0.4, -0.2) is 33.3 Å². The molecule has 0 saturated carbocycles. The van der Waals surface area contributed by atoms with Crippen molar-refractivity contribution in [3.05, 3.63) is 47.0 Å². The van der Waals surface area contributed by atoms with Gasteiger partial charge in [-0.3, -0.25) is 21.7 Å². The van der Waals surface area contributed by atoms with Crippen LogP contribution in [0.4, 0.5) is 11.4 Å². The van der Waals surface area contributed by atoms with E-state index in [1.165, 1.54) is 24.7 Å². The Labute approximate surface area is 158 Å². The number of carbonyl (C=O) groups is 2. The second kappa shape index (κ2) is 7.77. The maximum atomic E-state index is 12.6. The summed E-state index contributed by atoms with van der Waals surface area (Å²) in [6.07, 6.45) is 4.44. The highest BCUT2D eigenvalue weighted by molar-refractivity contribution is 6.16. The van der Waals surface area contributed by atoms with E-state index in [2.05, 4.69) is 30.6 Å². The van der Waals surface area contributed by atoms with E-state index in [0.29, 0.717) is 12.0 Å². The number of carbonyl (C=O) groups excluding carboxylic acids is 2. The summed E-state index contributed by atoms with van der Waals surface area (Å²) in [6, 6.07) is 1.43. The van der Waals surface area contributed by atoms with Gasteiger partial charge in [-0.15, -0.1) is 0 Å². The molecule has 8 N–H and O–H groups in total. The molecule has 2 bridgehead atoms. The lowest BCUT2D eigenvalue weighted by Crippen LogP contribution is -2.25. The molecule has 0 fully saturated rings. The summed E-state index contributed by atoms with van der Waals surface area (Å²) in [4.78, 5) is 41.8. The van der Waals surface area contributed by atoms with Crippen LogP contribution in [0.15, 0.2) is 24.7 Å². The molecule has 0 aromatic carbocycles. The van der Waals surface area contributed by atoms with Crippen molar-refractivity contribution < 1.29 is 19.4 Å². The number of nitrogens with one attached hydrogen (secondary N) is 4. The van der Waals surface area contributed by atoms with Crippen LogP contribution in [-0.2, 0) is 9.78 Å². The van der Waals surface area contributed by atoms with Gasteiger partial charge in [0.25, 0.3) is 0 Å². The van der Waals surface area contributed by atoms with Gasteiger partial charge in [0, 0.05) is 29.9 Å². The number of nitrogens with two attached hydrogens (primary N) is 2. The summed E-state index contributed by atoms with van der Waals surface area (Å²) in [5.74, 6) is 8.71. The average molecular weight is 384 g/mol. The van der Waals surface area contributed by atoms with E-state index in [1.807, 2.05) is 0 Å². The second-order valence-corrected chi connectivity index (χ2v) is 5.68. The van der Waals surface area contributed by atoms with Gasteiger partial charge in [0.1, 0.15) is 16.8 Å². The number of hydrogen-bond acceptors (Lipinski definition) is 12. The smallest absolute Gasteiger partial charge is 0.323 e. The zero-order valence-corrected chi connectivity index (χ0v) is 14.4. The molecular formula is C16H16N8O4. The highest BCUT2D eigenvalue weighted by Gasteiger charge is 2.29. The highest BCUT2D eigenvalue weighted by atomic mass is 17.2. The molecule has 0 amide bonds. The Kier molecular flexibility index (Phi) is 5.24. The van der Waals surface area contributed by atoms with Crippen LogP contribution in [0.3, 0.4) is 0 Å². The van der Waals surface area contributed by atoms with E-state index in [4.69, 9.17) is 22.5 Å². The number of nitrogen functional groups attached to an aromatic ring is 2. The summed E-state index contributed by atoms with van der Waals surface area (Å²) in [6.45, 7) is 0. The quantitative estimate of drug-likeness (QED) is 0.245. The molecule has 0 spiro atoms. The fourth-order valence-electron chi connectivity index (χ4n) is 2.67. The van der Waals surface area contributed by atoms with E-state index in [1.54, 1.807) is 0 Å². The van der Waals surface area contributed by atoms with Gasteiger partial charge in [-0.2, -0.15) is 0 Å². The van der Waals surface area contributed by atoms with Gasteiger partial charge in [-0.05, 0) is 18.9 Å². The first-order valence-corrected chi connectivity index (χ1v) is 7.97. The molecule has 2 aliphatic rings. The average Bonchev–Trinajstić information content (AvgIpc) is 2.73. The van der Waals surface area contributed by atoms with E-state index in [-0.39, 0.29) is 46.0 Å². The molecule has 3 heterocycles. The summed E-state index contributed by atoms with van der Waals surface area (Å²) < 4.78 is 0. The first-order chi connectivity index (χ1) is 13.5. The van der Waals surface area contributed by atoms with E-state index in [0.717, 1.165) is 0 Å². The van der Waals surface area contributed by atoms with Crippen molar-refractivity contribution in [2.75, 3.05) is 10.9 Å². The lowest BCUT2D eigenvalue weighted by atomic mass is 9.93. The summed E-state index contributed by atoms with van der Waals surface area (Å²) >= 11 is 0. The largest absolute Gasteiger partial charge is 0.390 e. The molecule has 28 heavy (non-hydrogen) atoms. The zero-order valence-electron chi connectivity index (χ0n) is 14.4. The fourth-order valence-corrected chi connectivity index (χ4v) is 2.67. The minimum atomic E-state index is -1.10. The van der Waals surface area contributed by atoms with Crippen molar-refractivity contribution in [1.82, 2.24) is 9.97 Å². The van der Waals surface area contributed by atoms with E-state index in [9.17, 15) is 9.59 Å². The van der Waals surface area contributed by atoms with Crippen molar-refractivity contribution in [3.63, 3.8) is 0 Å². The van der Waals surface area contributed by atoms with Crippen LogP contribution in [0.5, 0.6) is 0 Å². The Bertz CT molecular complexity index is 991. The van der Waals surface area contributed by atoms with Gasteiger partial charge in [-0.1, -0.05) is 0 Å². The topological polar surface area (TPSA) is 202 Å². The third-order valence-corrected chi connectivity index (χ3v) is 4.05. The van der Waals surface area contributed by atoms with Crippen LogP contribution in [0, 0.1) is 10.8 Å². The van der Waals surface area contributed by atoms with Crippen molar-refractivity contribution >= 4 is 34.7 Å². The molecule has 12 nitrogen and oxygen atoms in total. The Morgan fingerprint density at radius 1 is 1.04 bits per heavy atom. The zero-order chi connectivity index (χ0) is 20.3.